The second-order valence-corrected chi connectivity index (χ2v) is 5.15. The van der Waals surface area contributed by atoms with Crippen LogP contribution in [0.2, 0.25) is 0 Å². The van der Waals surface area contributed by atoms with Crippen LogP contribution in [-0.4, -0.2) is 22.2 Å². The molecule has 3 rings (SSSR count). The molecule has 1 aromatic heterocycles. The van der Waals surface area contributed by atoms with Crippen molar-refractivity contribution in [3.8, 4) is 11.8 Å². The Hall–Kier alpha value is -2.88. The molecule has 0 fully saturated rings. The highest BCUT2D eigenvalue weighted by molar-refractivity contribution is 5.95. The largest absolute Gasteiger partial charge is 0.486 e. The lowest BCUT2D eigenvalue weighted by molar-refractivity contribution is 0.0694. The molecular weight excluding hydrogens is 291 g/mol. The van der Waals surface area contributed by atoms with Gasteiger partial charge < -0.3 is 14.4 Å². The van der Waals surface area contributed by atoms with E-state index in [-0.39, 0.29) is 46.8 Å². The van der Waals surface area contributed by atoms with Crippen LogP contribution >= 0.6 is 0 Å². The van der Waals surface area contributed by atoms with Crippen LogP contribution in [0, 0.1) is 17.1 Å². The van der Waals surface area contributed by atoms with Gasteiger partial charge in [0.1, 0.15) is 12.2 Å². The standard InChI is InChI=1S/C15H11FN2O4/c1-7-6-22-14-11(16)8(2-3-17)4-9-12(14)18(7)5-10(13(9)19)15(20)21/h4-5,7H,2,6H2,1H3,(H,20,21)/t7-/m0/s1. The summed E-state index contributed by atoms with van der Waals surface area (Å²) in [4.78, 5) is 23.6. The number of carbonyl (C=O) groups is 1. The van der Waals surface area contributed by atoms with Gasteiger partial charge in [0.25, 0.3) is 0 Å². The summed E-state index contributed by atoms with van der Waals surface area (Å²) in [7, 11) is 0. The van der Waals surface area contributed by atoms with Gasteiger partial charge in [0.2, 0.25) is 5.43 Å². The van der Waals surface area contributed by atoms with E-state index in [0.717, 1.165) is 0 Å². The molecule has 0 saturated heterocycles. The fourth-order valence-corrected chi connectivity index (χ4v) is 2.64. The van der Waals surface area contributed by atoms with Gasteiger partial charge in [-0.15, -0.1) is 0 Å². The molecule has 0 radical (unpaired) electrons. The minimum atomic E-state index is -1.35. The lowest BCUT2D eigenvalue weighted by Crippen LogP contribution is -2.27. The number of benzene rings is 1. The van der Waals surface area contributed by atoms with E-state index in [9.17, 15) is 19.1 Å². The highest BCUT2D eigenvalue weighted by atomic mass is 19.1. The van der Waals surface area contributed by atoms with Crippen LogP contribution in [0.1, 0.15) is 28.9 Å². The average molecular weight is 302 g/mol. The molecule has 0 saturated carbocycles. The summed E-state index contributed by atoms with van der Waals surface area (Å²) in [5, 5.41) is 18.0. The molecule has 0 spiro atoms. The molecule has 1 aliphatic heterocycles. The molecule has 1 atom stereocenters. The number of pyridine rings is 1. The molecule has 0 aliphatic carbocycles. The zero-order chi connectivity index (χ0) is 16.0. The van der Waals surface area contributed by atoms with E-state index in [4.69, 9.17) is 10.00 Å². The Balaban J connectivity index is 2.52. The average Bonchev–Trinajstić information content (AvgIpc) is 2.47. The van der Waals surface area contributed by atoms with Gasteiger partial charge in [-0.1, -0.05) is 0 Å². The number of hydrogen-bond acceptors (Lipinski definition) is 4. The van der Waals surface area contributed by atoms with Crippen molar-refractivity contribution in [2.24, 2.45) is 0 Å². The smallest absolute Gasteiger partial charge is 0.341 e. The maximum Gasteiger partial charge on any atom is 0.341 e. The lowest BCUT2D eigenvalue weighted by atomic mass is 10.0. The molecule has 112 valence electrons. The van der Waals surface area contributed by atoms with Crippen molar-refractivity contribution in [2.45, 2.75) is 19.4 Å². The van der Waals surface area contributed by atoms with Crippen molar-refractivity contribution < 1.29 is 19.0 Å². The molecule has 2 aromatic rings. The summed E-state index contributed by atoms with van der Waals surface area (Å²) in [5.74, 6) is -2.13. The molecule has 0 amide bonds. The van der Waals surface area contributed by atoms with E-state index in [1.807, 2.05) is 6.07 Å². The number of nitriles is 1. The van der Waals surface area contributed by atoms with Crippen LogP contribution in [0.5, 0.6) is 5.75 Å². The van der Waals surface area contributed by atoms with E-state index in [1.54, 1.807) is 6.92 Å². The summed E-state index contributed by atoms with van der Waals surface area (Å²) in [6, 6.07) is 2.82. The fraction of sp³-hybridized carbons (Fsp3) is 0.267. The normalized spacial score (nSPS) is 16.1. The number of ether oxygens (including phenoxy) is 1. The second-order valence-electron chi connectivity index (χ2n) is 5.15. The van der Waals surface area contributed by atoms with Gasteiger partial charge in [0.15, 0.2) is 11.6 Å². The number of aromatic nitrogens is 1. The maximum atomic E-state index is 14.4. The molecular formula is C15H11FN2O4. The van der Waals surface area contributed by atoms with Crippen LogP contribution in [0.4, 0.5) is 4.39 Å². The highest BCUT2D eigenvalue weighted by Gasteiger charge is 2.27. The Morgan fingerprint density at radius 1 is 1.64 bits per heavy atom. The third kappa shape index (κ3) is 1.84. The lowest BCUT2D eigenvalue weighted by Gasteiger charge is -2.27. The van der Waals surface area contributed by atoms with E-state index < -0.39 is 17.2 Å². The van der Waals surface area contributed by atoms with Gasteiger partial charge >= 0.3 is 5.97 Å². The summed E-state index contributed by atoms with van der Waals surface area (Å²) < 4.78 is 21.3. The Morgan fingerprint density at radius 3 is 3.00 bits per heavy atom. The van der Waals surface area contributed by atoms with Crippen molar-refractivity contribution in [3.05, 3.63) is 39.4 Å². The molecule has 6 nitrogen and oxygen atoms in total. The molecule has 2 heterocycles. The first-order valence-electron chi connectivity index (χ1n) is 6.59. The zero-order valence-corrected chi connectivity index (χ0v) is 11.6. The Labute approximate surface area is 124 Å². The molecule has 22 heavy (non-hydrogen) atoms. The van der Waals surface area contributed by atoms with E-state index in [1.165, 1.54) is 16.8 Å². The van der Waals surface area contributed by atoms with Gasteiger partial charge in [-0.05, 0) is 13.0 Å². The van der Waals surface area contributed by atoms with Crippen LogP contribution in [0.25, 0.3) is 10.9 Å². The Kier molecular flexibility index (Phi) is 3.10. The molecule has 1 aromatic carbocycles. The number of halogens is 1. The van der Waals surface area contributed by atoms with Gasteiger partial charge in [0, 0.05) is 11.8 Å². The van der Waals surface area contributed by atoms with Gasteiger partial charge in [-0.2, -0.15) is 5.26 Å². The quantitative estimate of drug-likeness (QED) is 0.914. The Morgan fingerprint density at radius 2 is 2.36 bits per heavy atom. The SMILES string of the molecule is C[C@H]1COc2c(F)c(CC#N)cc3c(=O)c(C(=O)O)cn1c23. The van der Waals surface area contributed by atoms with E-state index in [0.29, 0.717) is 0 Å². The van der Waals surface area contributed by atoms with Crippen LogP contribution < -0.4 is 10.2 Å². The number of aromatic carboxylic acids is 1. The van der Waals surface area contributed by atoms with E-state index in [2.05, 4.69) is 0 Å². The molecule has 1 N–H and O–H groups in total. The third-order valence-electron chi connectivity index (χ3n) is 3.73. The second kappa shape index (κ2) is 4.84. The number of rotatable bonds is 2. The van der Waals surface area contributed by atoms with Gasteiger partial charge in [0.05, 0.1) is 29.4 Å². The van der Waals surface area contributed by atoms with Gasteiger partial charge in [-0.25, -0.2) is 9.18 Å². The van der Waals surface area contributed by atoms with Crippen molar-refractivity contribution in [3.63, 3.8) is 0 Å². The van der Waals surface area contributed by atoms with Crippen molar-refractivity contribution in [1.29, 1.82) is 5.26 Å². The topological polar surface area (TPSA) is 92.3 Å². The monoisotopic (exact) mass is 302 g/mol. The summed E-state index contributed by atoms with van der Waals surface area (Å²) >= 11 is 0. The first-order chi connectivity index (χ1) is 10.5. The summed E-state index contributed by atoms with van der Waals surface area (Å²) in [5.41, 5.74) is -0.850. The first kappa shape index (κ1) is 14.1. The fourth-order valence-electron chi connectivity index (χ4n) is 2.64. The molecule has 1 aliphatic rings. The third-order valence-corrected chi connectivity index (χ3v) is 3.73. The Bertz CT molecular complexity index is 911. The first-order valence-corrected chi connectivity index (χ1v) is 6.59. The van der Waals surface area contributed by atoms with Crippen LogP contribution in [0.15, 0.2) is 17.1 Å². The summed E-state index contributed by atoms with van der Waals surface area (Å²) in [6.07, 6.45) is 0.984. The van der Waals surface area contributed by atoms with Crippen molar-refractivity contribution in [1.82, 2.24) is 4.57 Å². The van der Waals surface area contributed by atoms with Crippen molar-refractivity contribution >= 4 is 16.9 Å². The number of carboxylic acid groups (broad SMARTS) is 1. The maximum absolute atomic E-state index is 14.4. The minimum Gasteiger partial charge on any atom is -0.486 e. The molecule has 0 bridgehead atoms. The number of carboxylic acids is 1. The predicted octanol–water partition coefficient (Wildman–Crippen LogP) is 1.86. The number of hydrogen-bond donors (Lipinski definition) is 1. The zero-order valence-electron chi connectivity index (χ0n) is 11.6. The number of nitrogens with zero attached hydrogens (tertiary/aromatic N) is 2. The summed E-state index contributed by atoms with van der Waals surface area (Å²) in [6.45, 7) is 1.93. The predicted molar refractivity (Wildman–Crippen MR) is 74.6 cm³/mol. The van der Waals surface area contributed by atoms with E-state index >= 15 is 0 Å². The molecule has 0 unspecified atom stereocenters. The molecule has 7 heteroatoms. The van der Waals surface area contributed by atoms with Crippen LogP contribution in [0.3, 0.4) is 0 Å². The van der Waals surface area contributed by atoms with Crippen molar-refractivity contribution in [2.75, 3.05) is 6.61 Å². The minimum absolute atomic E-state index is 0.0192. The van der Waals surface area contributed by atoms with Crippen LogP contribution in [-0.2, 0) is 6.42 Å². The highest BCUT2D eigenvalue weighted by Crippen LogP contribution is 2.35. The van der Waals surface area contributed by atoms with Gasteiger partial charge in [-0.3, -0.25) is 4.79 Å².